The second kappa shape index (κ2) is 3.58. The standard InChI is InChI=1S/C10H10N4O/c11-5-7-1-2-8(6-13-7)14-4-3-9(14)10(12)15/h1-2,6,9H,3-4H2,(H2,12,15). The normalized spacial score (nSPS) is 19.1. The molecule has 0 bridgehead atoms. The van der Waals surface area contributed by atoms with Crippen LogP contribution < -0.4 is 10.6 Å². The largest absolute Gasteiger partial charge is 0.368 e. The Morgan fingerprint density at radius 2 is 2.47 bits per heavy atom. The number of amides is 1. The molecule has 1 aliphatic rings. The first-order valence-corrected chi connectivity index (χ1v) is 4.64. The van der Waals surface area contributed by atoms with Crippen LogP contribution >= 0.6 is 0 Å². The molecular weight excluding hydrogens is 192 g/mol. The molecule has 1 aliphatic heterocycles. The molecule has 1 aromatic heterocycles. The van der Waals surface area contributed by atoms with Crippen molar-refractivity contribution in [2.24, 2.45) is 5.73 Å². The topological polar surface area (TPSA) is 83.0 Å². The van der Waals surface area contributed by atoms with Gasteiger partial charge in [-0.3, -0.25) is 4.79 Å². The van der Waals surface area contributed by atoms with Gasteiger partial charge in [0.1, 0.15) is 17.8 Å². The summed E-state index contributed by atoms with van der Waals surface area (Å²) in [6.07, 6.45) is 2.38. The van der Waals surface area contributed by atoms with Gasteiger partial charge in [0, 0.05) is 6.54 Å². The average molecular weight is 202 g/mol. The molecule has 0 radical (unpaired) electrons. The van der Waals surface area contributed by atoms with Gasteiger partial charge in [-0.05, 0) is 18.6 Å². The number of carbonyl (C=O) groups is 1. The lowest BCUT2D eigenvalue weighted by atomic mass is 10.0. The average Bonchev–Trinajstić information content (AvgIpc) is 2.16. The van der Waals surface area contributed by atoms with Gasteiger partial charge < -0.3 is 10.6 Å². The zero-order valence-electron chi connectivity index (χ0n) is 8.05. The number of carbonyl (C=O) groups excluding carboxylic acids is 1. The molecule has 1 aromatic rings. The van der Waals surface area contributed by atoms with Crippen LogP contribution in [0.3, 0.4) is 0 Å². The summed E-state index contributed by atoms with van der Waals surface area (Å²) < 4.78 is 0. The maximum Gasteiger partial charge on any atom is 0.240 e. The van der Waals surface area contributed by atoms with E-state index in [1.807, 2.05) is 11.0 Å². The number of rotatable bonds is 2. The van der Waals surface area contributed by atoms with Crippen molar-refractivity contribution in [2.45, 2.75) is 12.5 Å². The third kappa shape index (κ3) is 1.62. The quantitative estimate of drug-likeness (QED) is 0.732. The highest BCUT2D eigenvalue weighted by molar-refractivity contribution is 5.85. The van der Waals surface area contributed by atoms with E-state index in [4.69, 9.17) is 11.0 Å². The van der Waals surface area contributed by atoms with E-state index < -0.39 is 0 Å². The number of hydrogen-bond acceptors (Lipinski definition) is 4. The zero-order chi connectivity index (χ0) is 10.8. The number of nitriles is 1. The smallest absolute Gasteiger partial charge is 0.240 e. The van der Waals surface area contributed by atoms with Crippen molar-refractivity contribution < 1.29 is 4.79 Å². The Morgan fingerprint density at radius 3 is 2.87 bits per heavy atom. The Hall–Kier alpha value is -2.09. The van der Waals surface area contributed by atoms with Crippen LogP contribution in [0.4, 0.5) is 5.69 Å². The number of nitrogens with two attached hydrogens (primary N) is 1. The van der Waals surface area contributed by atoms with Gasteiger partial charge in [0.25, 0.3) is 0 Å². The van der Waals surface area contributed by atoms with Gasteiger partial charge in [0.2, 0.25) is 5.91 Å². The van der Waals surface area contributed by atoms with Crippen LogP contribution in [0.2, 0.25) is 0 Å². The van der Waals surface area contributed by atoms with Gasteiger partial charge in [0.05, 0.1) is 11.9 Å². The summed E-state index contributed by atoms with van der Waals surface area (Å²) in [5, 5.41) is 8.58. The molecule has 1 atom stereocenters. The molecule has 2 N–H and O–H groups in total. The molecule has 5 nitrogen and oxygen atoms in total. The predicted molar refractivity (Wildman–Crippen MR) is 53.9 cm³/mol. The molecule has 2 rings (SSSR count). The molecule has 0 saturated carbocycles. The highest BCUT2D eigenvalue weighted by atomic mass is 16.1. The molecular formula is C10H10N4O. The number of pyridine rings is 1. The van der Waals surface area contributed by atoms with Gasteiger partial charge >= 0.3 is 0 Å². The van der Waals surface area contributed by atoms with E-state index in [2.05, 4.69) is 4.98 Å². The number of hydrogen-bond donors (Lipinski definition) is 1. The SMILES string of the molecule is N#Cc1ccc(N2CCC2C(N)=O)cn1. The molecule has 1 saturated heterocycles. The molecule has 1 amide bonds. The van der Waals surface area contributed by atoms with Crippen molar-refractivity contribution in [3.8, 4) is 6.07 Å². The highest BCUT2D eigenvalue weighted by Gasteiger charge is 2.32. The Bertz CT molecular complexity index is 420. The van der Waals surface area contributed by atoms with E-state index >= 15 is 0 Å². The second-order valence-electron chi connectivity index (χ2n) is 3.41. The summed E-state index contributed by atoms with van der Waals surface area (Å²) in [4.78, 5) is 16.8. The van der Waals surface area contributed by atoms with Gasteiger partial charge in [0.15, 0.2) is 0 Å². The van der Waals surface area contributed by atoms with E-state index in [9.17, 15) is 4.79 Å². The van der Waals surface area contributed by atoms with Crippen molar-refractivity contribution >= 4 is 11.6 Å². The van der Waals surface area contributed by atoms with Crippen LogP contribution in [0.1, 0.15) is 12.1 Å². The third-order valence-corrected chi connectivity index (χ3v) is 2.54. The molecule has 5 heteroatoms. The minimum Gasteiger partial charge on any atom is -0.368 e. The third-order valence-electron chi connectivity index (χ3n) is 2.54. The van der Waals surface area contributed by atoms with Gasteiger partial charge in [-0.15, -0.1) is 0 Å². The van der Waals surface area contributed by atoms with E-state index in [-0.39, 0.29) is 11.9 Å². The van der Waals surface area contributed by atoms with E-state index in [1.54, 1.807) is 18.3 Å². The fourth-order valence-corrected chi connectivity index (χ4v) is 1.61. The molecule has 1 unspecified atom stereocenters. The van der Waals surface area contributed by atoms with E-state index in [1.165, 1.54) is 0 Å². The molecule has 1 fully saturated rings. The second-order valence-corrected chi connectivity index (χ2v) is 3.41. The summed E-state index contributed by atoms with van der Waals surface area (Å²) >= 11 is 0. The maximum atomic E-state index is 11.0. The molecule has 0 spiro atoms. The first kappa shape index (κ1) is 9.46. The zero-order valence-corrected chi connectivity index (χ0v) is 8.05. The van der Waals surface area contributed by atoms with Crippen LogP contribution in [0, 0.1) is 11.3 Å². The van der Waals surface area contributed by atoms with E-state index in [0.717, 1.165) is 18.7 Å². The highest BCUT2D eigenvalue weighted by Crippen LogP contribution is 2.25. The maximum absolute atomic E-state index is 11.0. The first-order chi connectivity index (χ1) is 7.22. The summed E-state index contributed by atoms with van der Waals surface area (Å²) in [6.45, 7) is 0.807. The van der Waals surface area contributed by atoms with Crippen LogP contribution in [0.5, 0.6) is 0 Å². The Balaban J connectivity index is 2.17. The molecule has 15 heavy (non-hydrogen) atoms. The lowest BCUT2D eigenvalue weighted by Crippen LogP contribution is -2.55. The number of aromatic nitrogens is 1. The molecule has 0 aromatic carbocycles. The summed E-state index contributed by atoms with van der Waals surface area (Å²) in [7, 11) is 0. The lowest BCUT2D eigenvalue weighted by Gasteiger charge is -2.40. The van der Waals surface area contributed by atoms with Crippen molar-refractivity contribution in [1.82, 2.24) is 4.98 Å². The summed E-state index contributed by atoms with van der Waals surface area (Å²) in [6, 6.07) is 5.13. The Kier molecular flexibility index (Phi) is 2.26. The first-order valence-electron chi connectivity index (χ1n) is 4.64. The van der Waals surface area contributed by atoms with Crippen molar-refractivity contribution in [1.29, 1.82) is 5.26 Å². The van der Waals surface area contributed by atoms with Crippen LogP contribution in [0.15, 0.2) is 18.3 Å². The number of anilines is 1. The van der Waals surface area contributed by atoms with Crippen LogP contribution in [-0.2, 0) is 4.79 Å². The fraction of sp³-hybridized carbons (Fsp3) is 0.300. The molecule has 0 aliphatic carbocycles. The van der Waals surface area contributed by atoms with E-state index in [0.29, 0.717) is 5.69 Å². The van der Waals surface area contributed by atoms with Gasteiger partial charge in [-0.25, -0.2) is 4.98 Å². The number of primary amides is 1. The minimum absolute atomic E-state index is 0.222. The van der Waals surface area contributed by atoms with Crippen molar-refractivity contribution in [3.05, 3.63) is 24.0 Å². The molecule has 2 heterocycles. The number of nitrogens with zero attached hydrogens (tertiary/aromatic N) is 3. The van der Waals surface area contributed by atoms with Gasteiger partial charge in [-0.2, -0.15) is 5.26 Å². The summed E-state index contributed by atoms with van der Waals surface area (Å²) in [5.74, 6) is -0.314. The van der Waals surface area contributed by atoms with Crippen molar-refractivity contribution in [2.75, 3.05) is 11.4 Å². The molecule has 76 valence electrons. The van der Waals surface area contributed by atoms with Crippen LogP contribution in [-0.4, -0.2) is 23.5 Å². The minimum atomic E-state index is -0.314. The van der Waals surface area contributed by atoms with Gasteiger partial charge in [-0.1, -0.05) is 0 Å². The Morgan fingerprint density at radius 1 is 1.67 bits per heavy atom. The fourth-order valence-electron chi connectivity index (χ4n) is 1.61. The van der Waals surface area contributed by atoms with Crippen molar-refractivity contribution in [3.63, 3.8) is 0 Å². The van der Waals surface area contributed by atoms with Crippen LogP contribution in [0.25, 0.3) is 0 Å². The summed E-state index contributed by atoms with van der Waals surface area (Å²) in [5.41, 5.74) is 6.44. The lowest BCUT2D eigenvalue weighted by molar-refractivity contribution is -0.120. The monoisotopic (exact) mass is 202 g/mol. The predicted octanol–water partition coefficient (Wildman–Crippen LogP) is 0.0173. The Labute approximate surface area is 87.1 Å².